The zero-order valence-electron chi connectivity index (χ0n) is 8.69. The number of anilines is 1. The van der Waals surface area contributed by atoms with Crippen molar-refractivity contribution < 1.29 is 14.0 Å². The largest absolute Gasteiger partial charge is 0.444 e. The summed E-state index contributed by atoms with van der Waals surface area (Å²) in [7, 11) is 0. The van der Waals surface area contributed by atoms with E-state index in [4.69, 9.17) is 4.42 Å². The first kappa shape index (κ1) is 12.0. The predicted molar refractivity (Wildman–Crippen MR) is 66.5 cm³/mol. The standard InChI is InChI=1S/C10H7BrN2O3S/c1-5(14)6-4-17-10(12-6)13-9(15)7-2-3-8(11)16-7/h2-4H,1H3,(H,12,13,15). The summed E-state index contributed by atoms with van der Waals surface area (Å²) in [4.78, 5) is 26.7. The molecule has 5 nitrogen and oxygen atoms in total. The van der Waals surface area contributed by atoms with Gasteiger partial charge in [-0.15, -0.1) is 11.3 Å². The average molecular weight is 315 g/mol. The molecule has 1 N–H and O–H groups in total. The molecule has 1 amide bonds. The van der Waals surface area contributed by atoms with Gasteiger partial charge in [-0.2, -0.15) is 0 Å². The molecule has 0 bridgehead atoms. The lowest BCUT2D eigenvalue weighted by atomic mass is 10.4. The Labute approximate surface area is 109 Å². The fourth-order valence-corrected chi connectivity index (χ4v) is 2.14. The van der Waals surface area contributed by atoms with Crippen LogP contribution in [0.5, 0.6) is 0 Å². The van der Waals surface area contributed by atoms with Gasteiger partial charge in [-0.25, -0.2) is 4.98 Å². The van der Waals surface area contributed by atoms with Gasteiger partial charge in [0.2, 0.25) is 0 Å². The van der Waals surface area contributed by atoms with Gasteiger partial charge in [-0.1, -0.05) is 0 Å². The summed E-state index contributed by atoms with van der Waals surface area (Å²) in [6.07, 6.45) is 0. The normalized spacial score (nSPS) is 10.2. The molecule has 0 saturated heterocycles. The maximum atomic E-state index is 11.7. The van der Waals surface area contributed by atoms with Crippen LogP contribution in [0.25, 0.3) is 0 Å². The Hall–Kier alpha value is -1.47. The second-order valence-corrected chi connectivity index (χ2v) is 4.79. The number of carbonyl (C=O) groups is 2. The van der Waals surface area contributed by atoms with E-state index in [0.717, 1.165) is 0 Å². The third-order valence-corrected chi connectivity index (χ3v) is 3.07. The molecule has 0 spiro atoms. The first-order chi connectivity index (χ1) is 8.06. The SMILES string of the molecule is CC(=O)c1csc(NC(=O)c2ccc(Br)o2)n1. The molecule has 0 aromatic carbocycles. The number of nitrogens with zero attached hydrogens (tertiary/aromatic N) is 1. The Morgan fingerprint density at radius 2 is 2.24 bits per heavy atom. The molecular formula is C10H7BrN2O3S. The topological polar surface area (TPSA) is 72.2 Å². The Morgan fingerprint density at radius 1 is 1.47 bits per heavy atom. The van der Waals surface area contributed by atoms with Crippen molar-refractivity contribution in [2.75, 3.05) is 5.32 Å². The van der Waals surface area contributed by atoms with Crippen molar-refractivity contribution in [2.45, 2.75) is 6.92 Å². The quantitative estimate of drug-likeness (QED) is 0.884. The highest BCUT2D eigenvalue weighted by molar-refractivity contribution is 9.10. The van der Waals surface area contributed by atoms with Crippen LogP contribution < -0.4 is 5.32 Å². The molecule has 0 radical (unpaired) electrons. The molecule has 17 heavy (non-hydrogen) atoms. The molecule has 0 atom stereocenters. The molecule has 2 heterocycles. The first-order valence-electron chi connectivity index (χ1n) is 4.59. The summed E-state index contributed by atoms with van der Waals surface area (Å²) in [5.74, 6) is -0.362. The molecule has 0 saturated carbocycles. The number of carbonyl (C=O) groups excluding carboxylic acids is 2. The molecule has 2 aromatic rings. The summed E-state index contributed by atoms with van der Waals surface area (Å²) in [5, 5.41) is 4.51. The molecule has 7 heteroatoms. The van der Waals surface area contributed by atoms with E-state index in [1.807, 2.05) is 0 Å². The van der Waals surface area contributed by atoms with Crippen LogP contribution in [-0.2, 0) is 0 Å². The van der Waals surface area contributed by atoms with Gasteiger partial charge in [0.25, 0.3) is 5.91 Å². The zero-order chi connectivity index (χ0) is 12.4. The van der Waals surface area contributed by atoms with E-state index in [2.05, 4.69) is 26.2 Å². The molecule has 0 fully saturated rings. The van der Waals surface area contributed by atoms with Crippen LogP contribution in [0.4, 0.5) is 5.13 Å². The van der Waals surface area contributed by atoms with Crippen molar-refractivity contribution in [1.82, 2.24) is 4.98 Å². The maximum Gasteiger partial charge on any atom is 0.293 e. The van der Waals surface area contributed by atoms with Crippen LogP contribution in [0.15, 0.2) is 26.6 Å². The number of rotatable bonds is 3. The minimum atomic E-state index is -0.403. The lowest BCUT2D eigenvalue weighted by Crippen LogP contribution is -2.10. The minimum Gasteiger partial charge on any atom is -0.444 e. The van der Waals surface area contributed by atoms with Crippen LogP contribution in [-0.4, -0.2) is 16.7 Å². The number of Topliss-reactive ketones (excluding diaryl/α,β-unsaturated/α-hetero) is 1. The summed E-state index contributed by atoms with van der Waals surface area (Å²) in [5.41, 5.74) is 0.339. The Balaban J connectivity index is 2.10. The molecule has 88 valence electrons. The second-order valence-electron chi connectivity index (χ2n) is 3.15. The van der Waals surface area contributed by atoms with Crippen molar-refractivity contribution in [3.05, 3.63) is 33.6 Å². The number of ketones is 1. The van der Waals surface area contributed by atoms with E-state index < -0.39 is 5.91 Å². The van der Waals surface area contributed by atoms with Gasteiger partial charge in [0.15, 0.2) is 21.3 Å². The van der Waals surface area contributed by atoms with E-state index in [1.165, 1.54) is 18.3 Å². The molecule has 2 rings (SSSR count). The molecule has 0 aliphatic heterocycles. The van der Waals surface area contributed by atoms with E-state index in [9.17, 15) is 9.59 Å². The van der Waals surface area contributed by atoms with Gasteiger partial charge >= 0.3 is 0 Å². The van der Waals surface area contributed by atoms with Gasteiger partial charge in [-0.05, 0) is 28.1 Å². The zero-order valence-corrected chi connectivity index (χ0v) is 11.1. The third-order valence-electron chi connectivity index (χ3n) is 1.88. The number of thiazole rings is 1. The maximum absolute atomic E-state index is 11.7. The Bertz CT molecular complexity index is 576. The third kappa shape index (κ3) is 2.80. The van der Waals surface area contributed by atoms with Gasteiger partial charge in [-0.3, -0.25) is 14.9 Å². The summed E-state index contributed by atoms with van der Waals surface area (Å²) in [6.45, 7) is 1.42. The van der Waals surface area contributed by atoms with Crippen LogP contribution in [0.1, 0.15) is 28.0 Å². The van der Waals surface area contributed by atoms with Crippen molar-refractivity contribution in [3.63, 3.8) is 0 Å². The number of hydrogen-bond acceptors (Lipinski definition) is 5. The Morgan fingerprint density at radius 3 is 2.76 bits per heavy atom. The molecule has 0 unspecified atom stereocenters. The van der Waals surface area contributed by atoms with E-state index in [-0.39, 0.29) is 11.5 Å². The minimum absolute atomic E-state index is 0.137. The van der Waals surface area contributed by atoms with Gasteiger partial charge in [0.1, 0.15) is 5.69 Å². The van der Waals surface area contributed by atoms with Crippen molar-refractivity contribution in [2.24, 2.45) is 0 Å². The summed E-state index contributed by atoms with van der Waals surface area (Å²) >= 11 is 4.30. The highest BCUT2D eigenvalue weighted by Crippen LogP contribution is 2.19. The number of aromatic nitrogens is 1. The Kier molecular flexibility index (Phi) is 3.39. The smallest absolute Gasteiger partial charge is 0.293 e. The number of hydrogen-bond donors (Lipinski definition) is 1. The van der Waals surface area contributed by atoms with Gasteiger partial charge < -0.3 is 4.42 Å². The fourth-order valence-electron chi connectivity index (χ4n) is 1.09. The highest BCUT2D eigenvalue weighted by Gasteiger charge is 2.13. The number of halogens is 1. The molecule has 0 aliphatic carbocycles. The number of amides is 1. The van der Waals surface area contributed by atoms with Gasteiger partial charge in [0.05, 0.1) is 0 Å². The first-order valence-corrected chi connectivity index (χ1v) is 6.26. The van der Waals surface area contributed by atoms with E-state index in [1.54, 1.807) is 17.5 Å². The number of nitrogens with one attached hydrogen (secondary N) is 1. The number of furan rings is 1. The second kappa shape index (κ2) is 4.80. The van der Waals surface area contributed by atoms with Crippen LogP contribution >= 0.6 is 27.3 Å². The monoisotopic (exact) mass is 314 g/mol. The summed E-state index contributed by atoms with van der Waals surface area (Å²) in [6, 6.07) is 3.16. The molecule has 0 aliphatic rings. The molecular weight excluding hydrogens is 308 g/mol. The average Bonchev–Trinajstić information content (AvgIpc) is 2.86. The highest BCUT2D eigenvalue weighted by atomic mass is 79.9. The summed E-state index contributed by atoms with van der Waals surface area (Å²) < 4.78 is 5.56. The predicted octanol–water partition coefficient (Wildman–Crippen LogP) is 2.95. The van der Waals surface area contributed by atoms with Crippen LogP contribution in [0.2, 0.25) is 0 Å². The van der Waals surface area contributed by atoms with Gasteiger partial charge in [0, 0.05) is 12.3 Å². The van der Waals surface area contributed by atoms with E-state index >= 15 is 0 Å². The van der Waals surface area contributed by atoms with E-state index in [0.29, 0.717) is 15.5 Å². The van der Waals surface area contributed by atoms with Crippen molar-refractivity contribution >= 4 is 44.1 Å². The van der Waals surface area contributed by atoms with Crippen molar-refractivity contribution in [1.29, 1.82) is 0 Å². The van der Waals surface area contributed by atoms with Crippen LogP contribution in [0, 0.1) is 0 Å². The lowest BCUT2D eigenvalue weighted by Gasteiger charge is -1.96. The lowest BCUT2D eigenvalue weighted by molar-refractivity contribution is 0.0989. The van der Waals surface area contributed by atoms with Crippen LogP contribution in [0.3, 0.4) is 0 Å². The molecule has 2 aromatic heterocycles. The fraction of sp³-hybridized carbons (Fsp3) is 0.100. The van der Waals surface area contributed by atoms with Crippen molar-refractivity contribution in [3.8, 4) is 0 Å².